The first-order chi connectivity index (χ1) is 11.8. The van der Waals surface area contributed by atoms with Gasteiger partial charge in [0.1, 0.15) is 12.4 Å². The minimum Gasteiger partial charge on any atom is -0.357 e. The summed E-state index contributed by atoms with van der Waals surface area (Å²) >= 11 is 0. The standard InChI is InChI=1S/C17H26N6O/c1-2-18-17(20-13-16(24)21-14-6-7-14)23-11-9-22(10-12-23)15-5-3-4-8-19-15/h3-5,8,14H,2,6-7,9-13H2,1H3,(H,18,20)(H,21,24). The van der Waals surface area contributed by atoms with E-state index in [4.69, 9.17) is 0 Å². The molecule has 1 aliphatic carbocycles. The number of aromatic nitrogens is 1. The van der Waals surface area contributed by atoms with Crippen LogP contribution in [0.3, 0.4) is 0 Å². The second-order valence-corrected chi connectivity index (χ2v) is 6.17. The van der Waals surface area contributed by atoms with Crippen LogP contribution in [0.15, 0.2) is 29.4 Å². The van der Waals surface area contributed by atoms with Gasteiger partial charge in [-0.3, -0.25) is 4.79 Å². The summed E-state index contributed by atoms with van der Waals surface area (Å²) in [4.78, 5) is 25.2. The third-order valence-electron chi connectivity index (χ3n) is 4.20. The van der Waals surface area contributed by atoms with Gasteiger partial charge in [0.15, 0.2) is 5.96 Å². The number of nitrogens with zero attached hydrogens (tertiary/aromatic N) is 4. The monoisotopic (exact) mass is 330 g/mol. The summed E-state index contributed by atoms with van der Waals surface area (Å²) in [6.45, 7) is 6.57. The molecular weight excluding hydrogens is 304 g/mol. The van der Waals surface area contributed by atoms with E-state index in [9.17, 15) is 4.79 Å². The molecular formula is C17H26N6O. The van der Waals surface area contributed by atoms with Crippen molar-refractivity contribution < 1.29 is 4.79 Å². The normalized spacial score (nSPS) is 18.5. The Balaban J connectivity index is 1.53. The van der Waals surface area contributed by atoms with Crippen molar-refractivity contribution in [1.82, 2.24) is 20.5 Å². The van der Waals surface area contributed by atoms with Gasteiger partial charge in [0.05, 0.1) is 0 Å². The highest BCUT2D eigenvalue weighted by molar-refractivity contribution is 5.85. The van der Waals surface area contributed by atoms with Gasteiger partial charge in [-0.05, 0) is 31.9 Å². The molecule has 0 atom stereocenters. The van der Waals surface area contributed by atoms with Crippen molar-refractivity contribution in [2.75, 3.05) is 44.2 Å². The number of aliphatic imine (C=N–C) groups is 1. The number of hydrogen-bond donors (Lipinski definition) is 2. The van der Waals surface area contributed by atoms with Gasteiger partial charge in [-0.25, -0.2) is 9.98 Å². The van der Waals surface area contributed by atoms with Crippen LogP contribution in [-0.4, -0.2) is 67.1 Å². The molecule has 0 bridgehead atoms. The first-order valence-electron chi connectivity index (χ1n) is 8.75. The van der Waals surface area contributed by atoms with Crippen LogP contribution in [0.5, 0.6) is 0 Å². The van der Waals surface area contributed by atoms with Gasteiger partial charge in [0, 0.05) is 45.0 Å². The third kappa shape index (κ3) is 4.59. The first-order valence-corrected chi connectivity index (χ1v) is 8.75. The number of piperazine rings is 1. The average molecular weight is 330 g/mol. The maximum absolute atomic E-state index is 11.8. The van der Waals surface area contributed by atoms with Gasteiger partial charge in [0.25, 0.3) is 0 Å². The molecule has 0 spiro atoms. The summed E-state index contributed by atoms with van der Waals surface area (Å²) in [6, 6.07) is 6.37. The Morgan fingerprint density at radius 2 is 2.08 bits per heavy atom. The lowest BCUT2D eigenvalue weighted by molar-refractivity contribution is -0.119. The van der Waals surface area contributed by atoms with Crippen molar-refractivity contribution in [2.45, 2.75) is 25.8 Å². The number of carbonyl (C=O) groups is 1. The Labute approximate surface area is 143 Å². The molecule has 0 radical (unpaired) electrons. The molecule has 1 amide bonds. The van der Waals surface area contributed by atoms with Crippen LogP contribution in [0.4, 0.5) is 5.82 Å². The summed E-state index contributed by atoms with van der Waals surface area (Å²) in [6.07, 6.45) is 4.03. The fraction of sp³-hybridized carbons (Fsp3) is 0.588. The van der Waals surface area contributed by atoms with Crippen LogP contribution in [0.2, 0.25) is 0 Å². The molecule has 0 aromatic carbocycles. The van der Waals surface area contributed by atoms with E-state index < -0.39 is 0 Å². The van der Waals surface area contributed by atoms with E-state index in [1.807, 2.05) is 31.3 Å². The SMILES string of the molecule is CCNC(=NCC(=O)NC1CC1)N1CCN(c2ccccn2)CC1. The van der Waals surface area contributed by atoms with Gasteiger partial charge in [-0.1, -0.05) is 6.07 Å². The van der Waals surface area contributed by atoms with Gasteiger partial charge >= 0.3 is 0 Å². The molecule has 1 aromatic rings. The minimum absolute atomic E-state index is 0.0139. The Morgan fingerprint density at radius 1 is 1.29 bits per heavy atom. The highest BCUT2D eigenvalue weighted by atomic mass is 16.2. The number of rotatable bonds is 5. The molecule has 2 aliphatic rings. The summed E-state index contributed by atoms with van der Waals surface area (Å²) in [5.74, 6) is 1.85. The molecule has 7 nitrogen and oxygen atoms in total. The predicted octanol–water partition coefficient (Wildman–Crippen LogP) is 0.448. The summed E-state index contributed by atoms with van der Waals surface area (Å²) in [7, 11) is 0. The molecule has 24 heavy (non-hydrogen) atoms. The fourth-order valence-corrected chi connectivity index (χ4v) is 2.76. The quantitative estimate of drug-likeness (QED) is 0.606. The lowest BCUT2D eigenvalue weighted by atomic mass is 10.3. The van der Waals surface area contributed by atoms with Gasteiger partial charge in [-0.15, -0.1) is 0 Å². The van der Waals surface area contributed by atoms with Crippen molar-refractivity contribution in [3.8, 4) is 0 Å². The molecule has 1 saturated heterocycles. The zero-order chi connectivity index (χ0) is 16.8. The lowest BCUT2D eigenvalue weighted by Crippen LogP contribution is -2.53. The molecule has 3 rings (SSSR count). The van der Waals surface area contributed by atoms with Crippen LogP contribution >= 0.6 is 0 Å². The van der Waals surface area contributed by atoms with E-state index in [0.29, 0.717) is 6.04 Å². The Bertz CT molecular complexity index is 564. The zero-order valence-electron chi connectivity index (χ0n) is 14.2. The van der Waals surface area contributed by atoms with Crippen LogP contribution < -0.4 is 15.5 Å². The van der Waals surface area contributed by atoms with E-state index in [1.165, 1.54) is 0 Å². The maximum atomic E-state index is 11.8. The molecule has 2 fully saturated rings. The molecule has 1 saturated carbocycles. The van der Waals surface area contributed by atoms with E-state index in [1.54, 1.807) is 0 Å². The fourth-order valence-electron chi connectivity index (χ4n) is 2.76. The van der Waals surface area contributed by atoms with Crippen molar-refractivity contribution in [1.29, 1.82) is 0 Å². The van der Waals surface area contributed by atoms with Gasteiger partial charge in [-0.2, -0.15) is 0 Å². The molecule has 0 unspecified atom stereocenters. The van der Waals surface area contributed by atoms with E-state index in [2.05, 4.69) is 30.4 Å². The number of pyridine rings is 1. The van der Waals surface area contributed by atoms with Crippen LogP contribution in [0.25, 0.3) is 0 Å². The maximum Gasteiger partial charge on any atom is 0.242 e. The van der Waals surface area contributed by atoms with Crippen LogP contribution in [0, 0.1) is 0 Å². The number of anilines is 1. The summed E-state index contributed by atoms with van der Waals surface area (Å²) in [5.41, 5.74) is 0. The second-order valence-electron chi connectivity index (χ2n) is 6.17. The second kappa shape index (κ2) is 7.99. The molecule has 1 aromatic heterocycles. The van der Waals surface area contributed by atoms with Crippen molar-refractivity contribution in [2.24, 2.45) is 4.99 Å². The molecule has 2 N–H and O–H groups in total. The van der Waals surface area contributed by atoms with E-state index in [0.717, 1.165) is 57.3 Å². The first kappa shape index (κ1) is 16.5. The zero-order valence-corrected chi connectivity index (χ0v) is 14.2. The molecule has 2 heterocycles. The summed E-state index contributed by atoms with van der Waals surface area (Å²) < 4.78 is 0. The highest BCUT2D eigenvalue weighted by Crippen LogP contribution is 2.18. The van der Waals surface area contributed by atoms with Crippen LogP contribution in [0.1, 0.15) is 19.8 Å². The van der Waals surface area contributed by atoms with E-state index >= 15 is 0 Å². The predicted molar refractivity (Wildman–Crippen MR) is 95.2 cm³/mol. The van der Waals surface area contributed by atoms with Crippen molar-refractivity contribution in [3.05, 3.63) is 24.4 Å². The summed E-state index contributed by atoms with van der Waals surface area (Å²) in [5, 5.41) is 6.27. The van der Waals surface area contributed by atoms with Crippen LogP contribution in [-0.2, 0) is 4.79 Å². The molecule has 7 heteroatoms. The highest BCUT2D eigenvalue weighted by Gasteiger charge is 2.24. The Hall–Kier alpha value is -2.31. The smallest absolute Gasteiger partial charge is 0.242 e. The lowest BCUT2D eigenvalue weighted by Gasteiger charge is -2.37. The number of carbonyl (C=O) groups excluding carboxylic acids is 1. The number of hydrogen-bond acceptors (Lipinski definition) is 4. The number of amides is 1. The largest absolute Gasteiger partial charge is 0.357 e. The van der Waals surface area contributed by atoms with Crippen molar-refractivity contribution >= 4 is 17.7 Å². The Kier molecular flexibility index (Phi) is 5.51. The number of guanidine groups is 1. The van der Waals surface area contributed by atoms with Gasteiger partial charge in [0.2, 0.25) is 5.91 Å². The third-order valence-corrected chi connectivity index (χ3v) is 4.20. The topological polar surface area (TPSA) is 72.9 Å². The molecule has 1 aliphatic heterocycles. The van der Waals surface area contributed by atoms with Crippen molar-refractivity contribution in [3.63, 3.8) is 0 Å². The number of nitrogens with one attached hydrogen (secondary N) is 2. The molecule has 130 valence electrons. The van der Waals surface area contributed by atoms with Gasteiger partial charge < -0.3 is 20.4 Å². The van der Waals surface area contributed by atoms with E-state index in [-0.39, 0.29) is 12.5 Å². The Morgan fingerprint density at radius 3 is 2.71 bits per heavy atom. The average Bonchev–Trinajstić information content (AvgIpc) is 3.43. The minimum atomic E-state index is 0.0139.